The van der Waals surface area contributed by atoms with Gasteiger partial charge in [-0.25, -0.2) is 8.42 Å². The van der Waals surface area contributed by atoms with E-state index in [0.29, 0.717) is 12.2 Å². The molecule has 3 rings (SSSR count). The number of hydrogen-bond donors (Lipinski definition) is 2. The molecule has 10 heteroatoms. The number of ketones is 1. The average molecular weight is 452 g/mol. The molecule has 2 heterocycles. The van der Waals surface area contributed by atoms with Gasteiger partial charge in [-0.15, -0.1) is 0 Å². The lowest BCUT2D eigenvalue weighted by Gasteiger charge is -2.35. The molecule has 2 aliphatic heterocycles. The summed E-state index contributed by atoms with van der Waals surface area (Å²) in [5, 5.41) is 2.81. The number of sulfonamides is 1. The number of nitrogens with zero attached hydrogens (tertiary/aromatic N) is 1. The molecule has 0 bridgehead atoms. The summed E-state index contributed by atoms with van der Waals surface area (Å²) in [5.41, 5.74) is 0.0161. The number of Topliss-reactive ketones (excluding diaryl/α,β-unsaturated/α-hetero) is 1. The highest BCUT2D eigenvalue weighted by atomic mass is 32.2. The van der Waals surface area contributed by atoms with Crippen LogP contribution in [-0.2, 0) is 24.3 Å². The molecule has 2 aliphatic rings. The summed E-state index contributed by atoms with van der Waals surface area (Å²) in [4.78, 5) is 40.1. The minimum atomic E-state index is -3.42. The maximum absolute atomic E-state index is 13.4. The lowest BCUT2D eigenvalue weighted by Crippen LogP contribution is -2.57. The average Bonchev–Trinajstić information content (AvgIpc) is 3.18. The second-order valence-electron chi connectivity index (χ2n) is 9.38. The van der Waals surface area contributed by atoms with Gasteiger partial charge in [0.25, 0.3) is 5.91 Å². The lowest BCUT2D eigenvalue weighted by molar-refractivity contribution is -0.140. The highest BCUT2D eigenvalue weighted by Crippen LogP contribution is 2.33. The Bertz CT molecular complexity index is 983. The summed E-state index contributed by atoms with van der Waals surface area (Å²) in [5.74, 6) is -0.853. The SMILES string of the molecule is C[C@@H]1CN(C(=O)[C@@H](NC(=O)c2ccc(NS(C)(=O)=O)cc2)C(C)(C)C)[C@@H]2C(=O)CO[C@H]12. The molecule has 2 saturated heterocycles. The van der Waals surface area contributed by atoms with Crippen molar-refractivity contribution in [2.75, 3.05) is 24.1 Å². The van der Waals surface area contributed by atoms with Crippen LogP contribution in [0.15, 0.2) is 24.3 Å². The standard InChI is InChI=1S/C21H29N3O6S/c1-12-10-24(16-15(25)11-30-17(12)16)20(27)18(21(2,3)4)22-19(26)13-6-8-14(9-7-13)23-31(5,28)29/h6-9,12,16-18,23H,10-11H2,1-5H3,(H,22,26)/t12-,16-,17-,18-/m1/s1. The van der Waals surface area contributed by atoms with Gasteiger partial charge in [-0.2, -0.15) is 0 Å². The van der Waals surface area contributed by atoms with Gasteiger partial charge in [0, 0.05) is 23.7 Å². The van der Waals surface area contributed by atoms with Crippen molar-refractivity contribution in [3.05, 3.63) is 29.8 Å². The van der Waals surface area contributed by atoms with Crippen LogP contribution >= 0.6 is 0 Å². The molecule has 0 spiro atoms. The van der Waals surface area contributed by atoms with E-state index >= 15 is 0 Å². The maximum Gasteiger partial charge on any atom is 0.251 e. The summed E-state index contributed by atoms with van der Waals surface area (Å²) in [6, 6.07) is 4.46. The number of benzene rings is 1. The van der Waals surface area contributed by atoms with Gasteiger partial charge in [0.1, 0.15) is 18.7 Å². The molecule has 0 saturated carbocycles. The van der Waals surface area contributed by atoms with Crippen molar-refractivity contribution < 1.29 is 27.5 Å². The molecular weight excluding hydrogens is 422 g/mol. The first-order valence-corrected chi connectivity index (χ1v) is 12.0. The zero-order valence-electron chi connectivity index (χ0n) is 18.3. The van der Waals surface area contributed by atoms with Crippen LogP contribution in [0.1, 0.15) is 38.1 Å². The largest absolute Gasteiger partial charge is 0.367 e. The first kappa shape index (κ1) is 23.2. The van der Waals surface area contributed by atoms with Gasteiger partial charge >= 0.3 is 0 Å². The molecule has 1 aromatic carbocycles. The Morgan fingerprint density at radius 3 is 2.35 bits per heavy atom. The van der Waals surface area contributed by atoms with E-state index in [2.05, 4.69) is 10.0 Å². The number of anilines is 1. The van der Waals surface area contributed by atoms with Crippen LogP contribution in [0.25, 0.3) is 0 Å². The molecule has 2 N–H and O–H groups in total. The molecule has 0 unspecified atom stereocenters. The number of ether oxygens (including phenoxy) is 1. The molecule has 170 valence electrons. The second kappa shape index (κ2) is 8.23. The maximum atomic E-state index is 13.4. The van der Waals surface area contributed by atoms with Gasteiger partial charge < -0.3 is 15.0 Å². The van der Waals surface area contributed by atoms with Crippen LogP contribution < -0.4 is 10.0 Å². The van der Waals surface area contributed by atoms with E-state index in [-0.39, 0.29) is 35.9 Å². The van der Waals surface area contributed by atoms with Gasteiger partial charge in [0.05, 0.1) is 12.4 Å². The molecule has 1 aromatic rings. The number of likely N-dealkylation sites (tertiary alicyclic amines) is 1. The van der Waals surface area contributed by atoms with Crippen molar-refractivity contribution in [3.63, 3.8) is 0 Å². The molecule has 2 fully saturated rings. The van der Waals surface area contributed by atoms with Crippen LogP contribution in [-0.4, -0.2) is 68.5 Å². The Morgan fingerprint density at radius 1 is 1.19 bits per heavy atom. The van der Waals surface area contributed by atoms with Crippen molar-refractivity contribution in [1.29, 1.82) is 0 Å². The monoisotopic (exact) mass is 451 g/mol. The minimum absolute atomic E-state index is 0.00383. The fourth-order valence-electron chi connectivity index (χ4n) is 4.05. The van der Waals surface area contributed by atoms with Crippen molar-refractivity contribution in [2.45, 2.75) is 45.9 Å². The summed E-state index contributed by atoms with van der Waals surface area (Å²) in [6.45, 7) is 7.88. The van der Waals surface area contributed by atoms with Crippen LogP contribution in [0.5, 0.6) is 0 Å². The third-order valence-corrected chi connectivity index (χ3v) is 6.17. The van der Waals surface area contributed by atoms with Crippen LogP contribution in [0.4, 0.5) is 5.69 Å². The normalized spacial score (nSPS) is 24.6. The van der Waals surface area contributed by atoms with E-state index < -0.39 is 33.4 Å². The quantitative estimate of drug-likeness (QED) is 0.689. The second-order valence-corrected chi connectivity index (χ2v) is 11.1. The smallest absolute Gasteiger partial charge is 0.251 e. The van der Waals surface area contributed by atoms with Gasteiger partial charge in [0.15, 0.2) is 5.78 Å². The minimum Gasteiger partial charge on any atom is -0.367 e. The zero-order valence-corrected chi connectivity index (χ0v) is 19.2. The Kier molecular flexibility index (Phi) is 6.16. The predicted molar refractivity (Wildman–Crippen MR) is 115 cm³/mol. The highest BCUT2D eigenvalue weighted by molar-refractivity contribution is 7.92. The Morgan fingerprint density at radius 2 is 1.81 bits per heavy atom. The Labute approximate surface area is 182 Å². The first-order chi connectivity index (χ1) is 14.3. The van der Waals surface area contributed by atoms with E-state index in [1.807, 2.05) is 27.7 Å². The Hall–Kier alpha value is -2.46. The predicted octanol–water partition coefficient (Wildman–Crippen LogP) is 1.02. The molecule has 2 amide bonds. The lowest BCUT2D eigenvalue weighted by atomic mass is 9.85. The summed E-state index contributed by atoms with van der Waals surface area (Å²) >= 11 is 0. The van der Waals surface area contributed by atoms with E-state index in [4.69, 9.17) is 4.74 Å². The fraction of sp³-hybridized carbons (Fsp3) is 0.571. The molecule has 0 radical (unpaired) electrons. The first-order valence-electron chi connectivity index (χ1n) is 10.1. The zero-order chi connectivity index (χ0) is 23.1. The van der Waals surface area contributed by atoms with Crippen molar-refractivity contribution >= 4 is 33.3 Å². The third-order valence-electron chi connectivity index (χ3n) is 5.56. The number of carbonyl (C=O) groups excluding carboxylic acids is 3. The summed E-state index contributed by atoms with van der Waals surface area (Å²) in [6.07, 6.45) is 0.736. The highest BCUT2D eigenvalue weighted by Gasteiger charge is 2.52. The number of hydrogen-bond acceptors (Lipinski definition) is 6. The number of fused-ring (bicyclic) bond motifs is 1. The van der Waals surface area contributed by atoms with Crippen molar-refractivity contribution in [3.8, 4) is 0 Å². The van der Waals surface area contributed by atoms with E-state index in [9.17, 15) is 22.8 Å². The van der Waals surface area contributed by atoms with E-state index in [1.165, 1.54) is 24.3 Å². The van der Waals surface area contributed by atoms with Crippen molar-refractivity contribution in [2.24, 2.45) is 11.3 Å². The van der Waals surface area contributed by atoms with Crippen LogP contribution in [0, 0.1) is 11.3 Å². The van der Waals surface area contributed by atoms with E-state index in [1.54, 1.807) is 4.90 Å². The molecular formula is C21H29N3O6S. The molecule has 0 aliphatic carbocycles. The molecule has 0 aromatic heterocycles. The van der Waals surface area contributed by atoms with E-state index in [0.717, 1.165) is 6.26 Å². The van der Waals surface area contributed by atoms with Gasteiger partial charge in [0.2, 0.25) is 15.9 Å². The van der Waals surface area contributed by atoms with Crippen LogP contribution in [0.3, 0.4) is 0 Å². The van der Waals surface area contributed by atoms with Crippen LogP contribution in [0.2, 0.25) is 0 Å². The fourth-order valence-corrected chi connectivity index (χ4v) is 4.62. The number of nitrogens with one attached hydrogen (secondary N) is 2. The van der Waals surface area contributed by atoms with Gasteiger partial charge in [-0.1, -0.05) is 27.7 Å². The number of rotatable bonds is 5. The molecule has 4 atom stereocenters. The molecule has 9 nitrogen and oxygen atoms in total. The topological polar surface area (TPSA) is 122 Å². The van der Waals surface area contributed by atoms with Crippen molar-refractivity contribution in [1.82, 2.24) is 10.2 Å². The number of carbonyl (C=O) groups is 3. The van der Waals surface area contributed by atoms with Gasteiger partial charge in [-0.3, -0.25) is 19.1 Å². The molecule has 31 heavy (non-hydrogen) atoms. The third kappa shape index (κ3) is 5.07. The van der Waals surface area contributed by atoms with Gasteiger partial charge in [-0.05, 0) is 29.7 Å². The summed E-state index contributed by atoms with van der Waals surface area (Å²) < 4.78 is 30.6. The number of amides is 2. The Balaban J connectivity index is 1.78. The summed E-state index contributed by atoms with van der Waals surface area (Å²) in [7, 11) is -3.42.